The molecule has 1 aromatic carbocycles. The van der Waals surface area contributed by atoms with Gasteiger partial charge in [0.15, 0.2) is 6.61 Å². The maximum absolute atomic E-state index is 12.2. The Morgan fingerprint density at radius 3 is 2.92 bits per heavy atom. The Kier molecular flexibility index (Phi) is 5.23. The number of hydrogen-bond donors (Lipinski definition) is 1. The lowest BCUT2D eigenvalue weighted by atomic mass is 10.1. The number of methoxy groups -OCH3 is 1. The quantitative estimate of drug-likeness (QED) is 0.806. The zero-order chi connectivity index (χ0) is 17.8. The predicted octanol–water partition coefficient (Wildman–Crippen LogP) is 2.20. The summed E-state index contributed by atoms with van der Waals surface area (Å²) in [5.74, 6) is -0.265. The SMILES string of the molecule is COc1ccc2oc(C(=O)OCC(=O)NC[C@H]3CCCO3)c(C)c2c1. The molecule has 1 aliphatic heterocycles. The summed E-state index contributed by atoms with van der Waals surface area (Å²) >= 11 is 0. The van der Waals surface area contributed by atoms with Crippen LogP contribution in [0.2, 0.25) is 0 Å². The number of esters is 1. The molecule has 1 N–H and O–H groups in total. The van der Waals surface area contributed by atoms with Crippen molar-refractivity contribution in [3.8, 4) is 5.75 Å². The summed E-state index contributed by atoms with van der Waals surface area (Å²) in [4.78, 5) is 24.0. The molecular formula is C18H21NO6. The van der Waals surface area contributed by atoms with E-state index in [4.69, 9.17) is 18.6 Å². The van der Waals surface area contributed by atoms with Crippen molar-refractivity contribution in [1.82, 2.24) is 5.32 Å². The molecule has 2 heterocycles. The van der Waals surface area contributed by atoms with E-state index in [1.165, 1.54) is 0 Å². The molecular weight excluding hydrogens is 326 g/mol. The highest BCUT2D eigenvalue weighted by Gasteiger charge is 2.21. The number of furan rings is 1. The van der Waals surface area contributed by atoms with Crippen molar-refractivity contribution in [1.29, 1.82) is 0 Å². The maximum atomic E-state index is 12.2. The normalized spacial score (nSPS) is 16.8. The van der Waals surface area contributed by atoms with Gasteiger partial charge in [-0.1, -0.05) is 0 Å². The van der Waals surface area contributed by atoms with E-state index in [1.54, 1.807) is 32.2 Å². The highest BCUT2D eigenvalue weighted by Crippen LogP contribution is 2.29. The topological polar surface area (TPSA) is 87.0 Å². The van der Waals surface area contributed by atoms with E-state index in [-0.39, 0.29) is 24.4 Å². The highest BCUT2D eigenvalue weighted by molar-refractivity contribution is 5.97. The van der Waals surface area contributed by atoms with Crippen molar-refractivity contribution in [2.45, 2.75) is 25.9 Å². The summed E-state index contributed by atoms with van der Waals surface area (Å²) in [6.07, 6.45) is 1.99. The van der Waals surface area contributed by atoms with Gasteiger partial charge in [-0.05, 0) is 38.0 Å². The molecule has 0 aliphatic carbocycles. The van der Waals surface area contributed by atoms with Gasteiger partial charge in [-0.2, -0.15) is 0 Å². The second-order valence-corrected chi connectivity index (χ2v) is 5.93. The molecule has 0 spiro atoms. The maximum Gasteiger partial charge on any atom is 0.375 e. The van der Waals surface area contributed by atoms with Crippen molar-refractivity contribution >= 4 is 22.8 Å². The Labute approximate surface area is 145 Å². The highest BCUT2D eigenvalue weighted by atomic mass is 16.5. The lowest BCUT2D eigenvalue weighted by Crippen LogP contribution is -2.34. The zero-order valence-electron chi connectivity index (χ0n) is 14.3. The van der Waals surface area contributed by atoms with Gasteiger partial charge < -0.3 is 23.9 Å². The molecule has 1 aliphatic rings. The molecule has 1 saturated heterocycles. The first-order chi connectivity index (χ1) is 12.1. The Morgan fingerprint density at radius 2 is 2.20 bits per heavy atom. The van der Waals surface area contributed by atoms with Crippen molar-refractivity contribution in [3.05, 3.63) is 29.5 Å². The second kappa shape index (κ2) is 7.57. The molecule has 3 rings (SSSR count). The van der Waals surface area contributed by atoms with Crippen molar-refractivity contribution < 1.29 is 28.2 Å². The molecule has 25 heavy (non-hydrogen) atoms. The Bertz CT molecular complexity index is 775. The van der Waals surface area contributed by atoms with Gasteiger partial charge in [0.05, 0.1) is 13.2 Å². The Hall–Kier alpha value is -2.54. The number of hydrogen-bond acceptors (Lipinski definition) is 6. The van der Waals surface area contributed by atoms with E-state index in [2.05, 4.69) is 5.32 Å². The monoisotopic (exact) mass is 347 g/mol. The van der Waals surface area contributed by atoms with Gasteiger partial charge in [0, 0.05) is 24.1 Å². The lowest BCUT2D eigenvalue weighted by Gasteiger charge is -2.10. The van der Waals surface area contributed by atoms with Crippen LogP contribution in [0.1, 0.15) is 29.0 Å². The van der Waals surface area contributed by atoms with Gasteiger partial charge >= 0.3 is 5.97 Å². The summed E-state index contributed by atoms with van der Waals surface area (Å²) in [5.41, 5.74) is 1.21. The smallest absolute Gasteiger partial charge is 0.375 e. The van der Waals surface area contributed by atoms with Gasteiger partial charge in [-0.3, -0.25) is 4.79 Å². The average molecular weight is 347 g/mol. The van der Waals surface area contributed by atoms with Crippen LogP contribution in [0, 0.1) is 6.92 Å². The molecule has 0 bridgehead atoms. The number of aryl methyl sites for hydroxylation is 1. The zero-order valence-corrected chi connectivity index (χ0v) is 14.3. The number of nitrogens with one attached hydrogen (secondary N) is 1. The third kappa shape index (κ3) is 3.93. The number of amides is 1. The number of rotatable bonds is 6. The summed E-state index contributed by atoms with van der Waals surface area (Å²) in [7, 11) is 1.57. The summed E-state index contributed by atoms with van der Waals surface area (Å²) < 4.78 is 21.2. The summed E-state index contributed by atoms with van der Waals surface area (Å²) in [5, 5.41) is 3.47. The second-order valence-electron chi connectivity index (χ2n) is 5.93. The third-order valence-electron chi connectivity index (χ3n) is 4.21. The van der Waals surface area contributed by atoms with E-state index < -0.39 is 5.97 Å². The van der Waals surface area contributed by atoms with Crippen LogP contribution >= 0.6 is 0 Å². The van der Waals surface area contributed by atoms with Crippen LogP contribution in [0.4, 0.5) is 0 Å². The fraction of sp³-hybridized carbons (Fsp3) is 0.444. The molecule has 0 unspecified atom stereocenters. The van der Waals surface area contributed by atoms with Gasteiger partial charge in [0.1, 0.15) is 11.3 Å². The summed E-state index contributed by atoms with van der Waals surface area (Å²) in [6, 6.07) is 5.27. The first kappa shape index (κ1) is 17.3. The van der Waals surface area contributed by atoms with E-state index in [0.29, 0.717) is 23.4 Å². The number of carbonyl (C=O) groups is 2. The Balaban J connectivity index is 1.58. The van der Waals surface area contributed by atoms with Crippen molar-refractivity contribution in [2.24, 2.45) is 0 Å². The molecule has 0 radical (unpaired) electrons. The standard InChI is InChI=1S/C18H21NO6/c1-11-14-8-12(22-2)5-6-15(14)25-17(11)18(21)24-10-16(20)19-9-13-4-3-7-23-13/h5-6,8,13H,3-4,7,9-10H2,1-2H3,(H,19,20)/t13-/m1/s1. The molecule has 1 aromatic heterocycles. The third-order valence-corrected chi connectivity index (χ3v) is 4.21. The fourth-order valence-electron chi connectivity index (χ4n) is 2.80. The predicted molar refractivity (Wildman–Crippen MR) is 89.8 cm³/mol. The van der Waals surface area contributed by atoms with Gasteiger partial charge in [-0.15, -0.1) is 0 Å². The molecule has 1 amide bonds. The van der Waals surface area contributed by atoms with Gasteiger partial charge in [0.25, 0.3) is 5.91 Å². The first-order valence-corrected chi connectivity index (χ1v) is 8.21. The number of carbonyl (C=O) groups excluding carboxylic acids is 2. The molecule has 1 fully saturated rings. The lowest BCUT2D eigenvalue weighted by molar-refractivity contribution is -0.124. The van der Waals surface area contributed by atoms with E-state index in [0.717, 1.165) is 24.8 Å². The van der Waals surface area contributed by atoms with Crippen molar-refractivity contribution in [2.75, 3.05) is 26.9 Å². The van der Waals surface area contributed by atoms with E-state index in [9.17, 15) is 9.59 Å². The molecule has 0 saturated carbocycles. The van der Waals surface area contributed by atoms with Crippen LogP contribution < -0.4 is 10.1 Å². The van der Waals surface area contributed by atoms with E-state index in [1.807, 2.05) is 0 Å². The number of benzene rings is 1. The van der Waals surface area contributed by atoms with Crippen LogP contribution in [0.15, 0.2) is 22.6 Å². The van der Waals surface area contributed by atoms with Crippen LogP contribution in [-0.2, 0) is 14.3 Å². The van der Waals surface area contributed by atoms with Crippen LogP contribution in [0.5, 0.6) is 5.75 Å². The molecule has 7 nitrogen and oxygen atoms in total. The van der Waals surface area contributed by atoms with Crippen LogP contribution in [0.25, 0.3) is 11.0 Å². The average Bonchev–Trinajstić information content (AvgIpc) is 3.25. The van der Waals surface area contributed by atoms with Gasteiger partial charge in [-0.25, -0.2) is 4.79 Å². The largest absolute Gasteiger partial charge is 0.497 e. The minimum Gasteiger partial charge on any atom is -0.497 e. The number of fused-ring (bicyclic) bond motifs is 1. The molecule has 7 heteroatoms. The first-order valence-electron chi connectivity index (χ1n) is 8.21. The van der Waals surface area contributed by atoms with Crippen molar-refractivity contribution in [3.63, 3.8) is 0 Å². The molecule has 1 atom stereocenters. The van der Waals surface area contributed by atoms with Crippen LogP contribution in [-0.4, -0.2) is 44.8 Å². The number of ether oxygens (including phenoxy) is 3. The van der Waals surface area contributed by atoms with Gasteiger partial charge in [0.2, 0.25) is 5.76 Å². The minimum atomic E-state index is -0.667. The van der Waals surface area contributed by atoms with Crippen LogP contribution in [0.3, 0.4) is 0 Å². The minimum absolute atomic E-state index is 0.0484. The van der Waals surface area contributed by atoms with E-state index >= 15 is 0 Å². The summed E-state index contributed by atoms with van der Waals surface area (Å²) in [6.45, 7) is 2.57. The molecule has 134 valence electrons. The fourth-order valence-corrected chi connectivity index (χ4v) is 2.80. The molecule has 2 aromatic rings. The Morgan fingerprint density at radius 1 is 1.36 bits per heavy atom.